The van der Waals surface area contributed by atoms with Gasteiger partial charge in [-0.1, -0.05) is 11.6 Å². The molecule has 11 nitrogen and oxygen atoms in total. The number of nitro benzene ring substituents is 1. The van der Waals surface area contributed by atoms with Gasteiger partial charge in [-0.3, -0.25) is 39.1 Å². The molecule has 6 unspecified atom stereocenters. The van der Waals surface area contributed by atoms with E-state index in [1.165, 1.54) is 37.4 Å². The minimum Gasteiger partial charge on any atom is -0.463 e. The maximum Gasteiger partial charge on any atom is 0.269 e. The first-order valence-corrected chi connectivity index (χ1v) is 12.9. The second-order valence-electron chi connectivity index (χ2n) is 10.2. The van der Waals surface area contributed by atoms with Gasteiger partial charge in [-0.2, -0.15) is 0 Å². The van der Waals surface area contributed by atoms with Gasteiger partial charge in [0.25, 0.3) is 17.5 Å². The number of hydrogen-bond donors (Lipinski definition) is 1. The monoisotopic (exact) mass is 573 g/mol. The maximum atomic E-state index is 13.9. The number of benzene rings is 1. The zero-order chi connectivity index (χ0) is 28.0. The molecular formula is C26H21Cl2N3O8. The van der Waals surface area contributed by atoms with E-state index >= 15 is 0 Å². The first-order chi connectivity index (χ1) is 18.5. The summed E-state index contributed by atoms with van der Waals surface area (Å²) < 4.78 is 5.81. The first-order valence-electron chi connectivity index (χ1n) is 12.2. The van der Waals surface area contributed by atoms with Gasteiger partial charge in [0.2, 0.25) is 11.8 Å². The number of carbonyl (C=O) groups is 4. The van der Waals surface area contributed by atoms with E-state index in [-0.39, 0.29) is 35.7 Å². The molecule has 4 aliphatic rings. The molecule has 0 radical (unpaired) electrons. The molecule has 202 valence electrons. The number of aliphatic hydroxyl groups is 1. The number of furan rings is 1. The summed E-state index contributed by atoms with van der Waals surface area (Å²) in [7, 11) is 1.29. The van der Waals surface area contributed by atoms with E-state index in [4.69, 9.17) is 27.6 Å². The fourth-order valence-electron chi connectivity index (χ4n) is 6.67. The lowest BCUT2D eigenvalue weighted by Crippen LogP contribution is -2.60. The topological polar surface area (TPSA) is 151 Å². The van der Waals surface area contributed by atoms with Gasteiger partial charge in [0.1, 0.15) is 18.1 Å². The van der Waals surface area contributed by atoms with E-state index in [1.807, 2.05) is 0 Å². The predicted molar refractivity (Wildman–Crippen MR) is 136 cm³/mol. The van der Waals surface area contributed by atoms with Crippen LogP contribution in [-0.2, 0) is 25.8 Å². The number of anilines is 1. The Morgan fingerprint density at radius 2 is 1.74 bits per heavy atom. The Kier molecular flexibility index (Phi) is 5.59. The number of amides is 4. The third-order valence-corrected chi connectivity index (χ3v) is 9.87. The lowest BCUT2D eigenvalue weighted by molar-refractivity contribution is -0.384. The van der Waals surface area contributed by atoms with Crippen molar-refractivity contribution in [2.24, 2.45) is 17.8 Å². The molecule has 0 bridgehead atoms. The molecule has 2 aliphatic heterocycles. The zero-order valence-corrected chi connectivity index (χ0v) is 21.9. The van der Waals surface area contributed by atoms with E-state index < -0.39 is 68.6 Å². The molecule has 1 N–H and O–H groups in total. The summed E-state index contributed by atoms with van der Waals surface area (Å²) in [6.45, 7) is -0.412. The average molecular weight is 574 g/mol. The van der Waals surface area contributed by atoms with Gasteiger partial charge in [0.15, 0.2) is 9.75 Å². The normalized spacial score (nSPS) is 33.7. The van der Waals surface area contributed by atoms with Crippen LogP contribution in [0.3, 0.4) is 0 Å². The standard InChI is InChI=1S/C26H21Cl2N3O8/c1-29-23(35)25(27)10-17-15(20(26(25,28)24(29)36)18-9-6-14(11-32)39-18)7-8-16-19(17)22(34)30(21(16)33)12-2-4-13(5-3-12)31(37)38/h2-7,9,16-17,19-20,32H,8,10-11H2,1H3. The first kappa shape index (κ1) is 25.7. The molecule has 1 aromatic heterocycles. The Bertz CT molecular complexity index is 1500. The number of alkyl halides is 2. The number of likely N-dealkylation sites (tertiary alicyclic amines) is 1. The van der Waals surface area contributed by atoms with E-state index in [1.54, 1.807) is 12.1 Å². The molecule has 6 atom stereocenters. The van der Waals surface area contributed by atoms with Crippen molar-refractivity contribution in [2.75, 3.05) is 11.9 Å². The molecule has 1 saturated carbocycles. The zero-order valence-electron chi connectivity index (χ0n) is 20.4. The van der Waals surface area contributed by atoms with Crippen molar-refractivity contribution in [3.8, 4) is 0 Å². The highest BCUT2D eigenvalue weighted by Crippen LogP contribution is 2.65. The van der Waals surface area contributed by atoms with Crippen LogP contribution in [0.4, 0.5) is 11.4 Å². The third-order valence-electron chi connectivity index (χ3n) is 8.46. The number of nitro groups is 1. The average Bonchev–Trinajstić information content (AvgIpc) is 3.53. The molecule has 2 saturated heterocycles. The number of rotatable bonds is 4. The van der Waals surface area contributed by atoms with Crippen LogP contribution in [0, 0.1) is 27.9 Å². The van der Waals surface area contributed by atoms with E-state index in [9.17, 15) is 34.4 Å². The van der Waals surface area contributed by atoms with Gasteiger partial charge < -0.3 is 9.52 Å². The van der Waals surface area contributed by atoms with Crippen LogP contribution in [0.5, 0.6) is 0 Å². The smallest absolute Gasteiger partial charge is 0.269 e. The van der Waals surface area contributed by atoms with Gasteiger partial charge in [-0.05, 0) is 43.0 Å². The summed E-state index contributed by atoms with van der Waals surface area (Å²) in [5, 5.41) is 20.6. The number of fused-ring (bicyclic) bond motifs is 4. The summed E-state index contributed by atoms with van der Waals surface area (Å²) >= 11 is 14.1. The van der Waals surface area contributed by atoms with Crippen LogP contribution in [0.25, 0.3) is 0 Å². The Morgan fingerprint density at radius 3 is 2.36 bits per heavy atom. The number of carbonyl (C=O) groups excluding carboxylic acids is 4. The molecule has 3 fully saturated rings. The maximum absolute atomic E-state index is 13.9. The molecule has 13 heteroatoms. The van der Waals surface area contributed by atoms with Crippen molar-refractivity contribution in [1.82, 2.24) is 4.90 Å². The molecule has 39 heavy (non-hydrogen) atoms. The minimum atomic E-state index is -1.97. The van der Waals surface area contributed by atoms with Crippen molar-refractivity contribution in [3.63, 3.8) is 0 Å². The van der Waals surface area contributed by atoms with E-state index in [2.05, 4.69) is 0 Å². The summed E-state index contributed by atoms with van der Waals surface area (Å²) in [6, 6.07) is 8.16. The number of hydrogen-bond acceptors (Lipinski definition) is 8. The van der Waals surface area contributed by atoms with Crippen molar-refractivity contribution < 1.29 is 33.6 Å². The van der Waals surface area contributed by atoms with Gasteiger partial charge in [0, 0.05) is 19.2 Å². The summed E-state index contributed by atoms with van der Waals surface area (Å²) in [6.07, 6.45) is 1.75. The number of non-ortho nitro benzene ring substituents is 1. The number of nitrogens with zero attached hydrogens (tertiary/aromatic N) is 3. The van der Waals surface area contributed by atoms with Crippen LogP contribution in [0.2, 0.25) is 0 Å². The molecule has 4 amide bonds. The molecular weight excluding hydrogens is 553 g/mol. The van der Waals surface area contributed by atoms with Crippen molar-refractivity contribution in [1.29, 1.82) is 0 Å². The lowest BCUT2D eigenvalue weighted by Gasteiger charge is -2.49. The number of halogens is 2. The van der Waals surface area contributed by atoms with Crippen LogP contribution >= 0.6 is 23.2 Å². The van der Waals surface area contributed by atoms with Crippen LogP contribution in [0.1, 0.15) is 30.3 Å². The number of aliphatic hydroxyl groups excluding tert-OH is 1. The van der Waals surface area contributed by atoms with Crippen LogP contribution < -0.4 is 4.90 Å². The quantitative estimate of drug-likeness (QED) is 0.193. The second-order valence-corrected chi connectivity index (χ2v) is 11.5. The summed E-state index contributed by atoms with van der Waals surface area (Å²) in [4.78, 5) is 62.6. The summed E-state index contributed by atoms with van der Waals surface area (Å²) in [5.41, 5.74) is 0.562. The highest BCUT2D eigenvalue weighted by atomic mass is 35.5. The van der Waals surface area contributed by atoms with Crippen molar-refractivity contribution >= 4 is 58.2 Å². The largest absolute Gasteiger partial charge is 0.463 e. The molecule has 1 aromatic carbocycles. The van der Waals surface area contributed by atoms with Gasteiger partial charge in [-0.15, -0.1) is 23.2 Å². The minimum absolute atomic E-state index is 0.162. The second kappa shape index (κ2) is 8.48. The van der Waals surface area contributed by atoms with E-state index in [0.29, 0.717) is 5.57 Å². The molecule has 3 heterocycles. The van der Waals surface area contributed by atoms with Gasteiger partial charge in [-0.25, -0.2) is 0 Å². The molecule has 0 spiro atoms. The molecule has 2 aliphatic carbocycles. The third kappa shape index (κ3) is 3.20. The van der Waals surface area contributed by atoms with Crippen LogP contribution in [0.15, 0.2) is 52.5 Å². The fourth-order valence-corrected chi connectivity index (χ4v) is 7.67. The molecule has 2 aromatic rings. The van der Waals surface area contributed by atoms with Gasteiger partial charge in [0.05, 0.1) is 28.4 Å². The fraction of sp³-hybridized carbons (Fsp3) is 0.385. The number of imide groups is 2. The Morgan fingerprint density at radius 1 is 1.05 bits per heavy atom. The Labute approximate surface area is 231 Å². The Balaban J connectivity index is 1.47. The Hall–Kier alpha value is -3.54. The highest BCUT2D eigenvalue weighted by molar-refractivity contribution is 6.53. The van der Waals surface area contributed by atoms with Crippen molar-refractivity contribution in [3.05, 3.63) is 69.7 Å². The summed E-state index contributed by atoms with van der Waals surface area (Å²) in [5.74, 6) is -5.46. The van der Waals surface area contributed by atoms with E-state index in [0.717, 1.165) is 9.80 Å². The van der Waals surface area contributed by atoms with Crippen LogP contribution in [-0.4, -0.2) is 55.4 Å². The highest BCUT2D eigenvalue weighted by Gasteiger charge is 2.76. The van der Waals surface area contributed by atoms with Crippen molar-refractivity contribution in [2.45, 2.75) is 35.1 Å². The van der Waals surface area contributed by atoms with Gasteiger partial charge >= 0.3 is 0 Å². The predicted octanol–water partition coefficient (Wildman–Crippen LogP) is 2.87. The SMILES string of the molecule is CN1C(=O)C2(Cl)CC3C(=CCC4C(=O)N(c5ccc([N+](=O)[O-])cc5)C(=O)C43)C(c3ccc(CO)o3)C2(Cl)C1=O. The molecule has 6 rings (SSSR count). The number of allylic oxidation sites excluding steroid dienone is 2. The lowest BCUT2D eigenvalue weighted by atomic mass is 9.57.